The minimum Gasteiger partial charge on any atom is -0.331 e. The van der Waals surface area contributed by atoms with E-state index in [-0.39, 0.29) is 11.9 Å². The van der Waals surface area contributed by atoms with Gasteiger partial charge in [-0.3, -0.25) is 4.79 Å². The SMILES string of the molecule is C=C/C(=C\C=C(\C)CC)C(=O)N(Cc1cccc(C(=C)/C=C\S)c1)C1CCN(CCC(C)C)CC1. The Morgan fingerprint density at radius 3 is 2.57 bits per heavy atom. The molecule has 0 N–H and O–H groups in total. The molecule has 190 valence electrons. The summed E-state index contributed by atoms with van der Waals surface area (Å²) in [6.45, 7) is 20.6. The quantitative estimate of drug-likeness (QED) is 0.186. The maximum absolute atomic E-state index is 13.8. The van der Waals surface area contributed by atoms with Gasteiger partial charge in [-0.1, -0.05) is 69.9 Å². The van der Waals surface area contributed by atoms with Gasteiger partial charge in [0.2, 0.25) is 0 Å². The first-order valence-corrected chi connectivity index (χ1v) is 13.4. The number of hydrogen-bond donors (Lipinski definition) is 1. The Balaban J connectivity index is 2.29. The summed E-state index contributed by atoms with van der Waals surface area (Å²) < 4.78 is 0. The molecule has 4 heteroatoms. The Bertz CT molecular complexity index is 948. The smallest absolute Gasteiger partial charge is 0.254 e. The number of rotatable bonds is 12. The van der Waals surface area contributed by atoms with Crippen molar-refractivity contribution >= 4 is 24.1 Å². The van der Waals surface area contributed by atoms with Gasteiger partial charge < -0.3 is 9.80 Å². The molecule has 0 aromatic heterocycles. The van der Waals surface area contributed by atoms with Crippen molar-refractivity contribution in [3.8, 4) is 0 Å². The number of amides is 1. The van der Waals surface area contributed by atoms with Gasteiger partial charge in [0.15, 0.2) is 0 Å². The number of thiol groups is 1. The molecule has 2 rings (SSSR count). The first kappa shape index (κ1) is 28.9. The van der Waals surface area contributed by atoms with Gasteiger partial charge in [0.1, 0.15) is 0 Å². The second-order valence-electron chi connectivity index (χ2n) is 9.92. The van der Waals surface area contributed by atoms with Gasteiger partial charge in [0.25, 0.3) is 5.91 Å². The van der Waals surface area contributed by atoms with Crippen LogP contribution in [0, 0.1) is 5.92 Å². The van der Waals surface area contributed by atoms with Crippen LogP contribution in [-0.2, 0) is 11.3 Å². The molecule has 1 aromatic rings. The van der Waals surface area contributed by atoms with Gasteiger partial charge in [-0.05, 0) is 85.4 Å². The minimum absolute atomic E-state index is 0.0558. The molecule has 1 aliphatic heterocycles. The Morgan fingerprint density at radius 2 is 1.97 bits per heavy atom. The fraction of sp³-hybridized carbons (Fsp3) is 0.452. The number of hydrogen-bond acceptors (Lipinski definition) is 3. The normalized spacial score (nSPS) is 16.2. The highest BCUT2D eigenvalue weighted by Crippen LogP contribution is 2.24. The molecule has 0 bridgehead atoms. The lowest BCUT2D eigenvalue weighted by atomic mass is 9.98. The van der Waals surface area contributed by atoms with Crippen LogP contribution in [0.2, 0.25) is 0 Å². The summed E-state index contributed by atoms with van der Waals surface area (Å²) in [4.78, 5) is 18.4. The van der Waals surface area contributed by atoms with E-state index in [0.717, 1.165) is 55.6 Å². The number of nitrogens with zero attached hydrogens (tertiary/aromatic N) is 2. The number of likely N-dealkylation sites (tertiary alicyclic amines) is 1. The minimum atomic E-state index is 0.0558. The van der Waals surface area contributed by atoms with Crippen LogP contribution in [0.4, 0.5) is 0 Å². The molecular weight excluding hydrogens is 448 g/mol. The molecule has 1 heterocycles. The fourth-order valence-electron chi connectivity index (χ4n) is 4.26. The fourth-order valence-corrected chi connectivity index (χ4v) is 4.44. The van der Waals surface area contributed by atoms with E-state index in [9.17, 15) is 4.79 Å². The van der Waals surface area contributed by atoms with Crippen LogP contribution < -0.4 is 0 Å². The molecule has 0 saturated carbocycles. The van der Waals surface area contributed by atoms with Gasteiger partial charge in [-0.25, -0.2) is 0 Å². The molecule has 35 heavy (non-hydrogen) atoms. The van der Waals surface area contributed by atoms with E-state index in [4.69, 9.17) is 0 Å². The summed E-state index contributed by atoms with van der Waals surface area (Å²) in [7, 11) is 0. The van der Waals surface area contributed by atoms with Crippen LogP contribution in [0.5, 0.6) is 0 Å². The van der Waals surface area contributed by atoms with Gasteiger partial charge >= 0.3 is 0 Å². The van der Waals surface area contributed by atoms with Gasteiger partial charge in [0, 0.05) is 31.2 Å². The summed E-state index contributed by atoms with van der Waals surface area (Å²) in [6, 6.07) is 8.52. The van der Waals surface area contributed by atoms with E-state index in [1.54, 1.807) is 11.5 Å². The zero-order chi connectivity index (χ0) is 25.8. The average Bonchev–Trinajstić information content (AvgIpc) is 2.86. The highest BCUT2D eigenvalue weighted by Gasteiger charge is 2.29. The van der Waals surface area contributed by atoms with Gasteiger partial charge in [0.05, 0.1) is 0 Å². The van der Waals surface area contributed by atoms with Crippen LogP contribution in [0.15, 0.2) is 78.3 Å². The second-order valence-corrected chi connectivity index (χ2v) is 10.2. The lowest BCUT2D eigenvalue weighted by molar-refractivity contribution is -0.130. The Kier molecular flexibility index (Phi) is 12.4. The second kappa shape index (κ2) is 15.0. The molecule has 1 aliphatic rings. The number of benzene rings is 1. The molecule has 0 atom stereocenters. The van der Waals surface area contributed by atoms with E-state index < -0.39 is 0 Å². The van der Waals surface area contributed by atoms with E-state index in [2.05, 4.69) is 75.4 Å². The summed E-state index contributed by atoms with van der Waals surface area (Å²) in [5, 5.41) is 1.70. The zero-order valence-corrected chi connectivity index (χ0v) is 23.1. The van der Waals surface area contributed by atoms with Crippen LogP contribution in [0.3, 0.4) is 0 Å². The summed E-state index contributed by atoms with van der Waals surface area (Å²) in [5.74, 6) is 0.769. The van der Waals surface area contributed by atoms with Crippen molar-refractivity contribution in [2.75, 3.05) is 19.6 Å². The Labute approximate surface area is 219 Å². The van der Waals surface area contributed by atoms with Crippen molar-refractivity contribution in [3.63, 3.8) is 0 Å². The van der Waals surface area contributed by atoms with Crippen LogP contribution in [0.1, 0.15) is 64.5 Å². The summed E-state index contributed by atoms with van der Waals surface area (Å²) >= 11 is 4.18. The predicted molar refractivity (Wildman–Crippen MR) is 155 cm³/mol. The van der Waals surface area contributed by atoms with Crippen LogP contribution in [-0.4, -0.2) is 41.4 Å². The maximum atomic E-state index is 13.8. The van der Waals surface area contributed by atoms with Crippen molar-refractivity contribution in [1.82, 2.24) is 9.80 Å². The van der Waals surface area contributed by atoms with Crippen molar-refractivity contribution < 1.29 is 4.79 Å². The molecule has 0 aliphatic carbocycles. The van der Waals surface area contributed by atoms with Gasteiger partial charge in [-0.15, -0.1) is 0 Å². The largest absolute Gasteiger partial charge is 0.331 e. The molecule has 3 nitrogen and oxygen atoms in total. The van der Waals surface area contributed by atoms with Gasteiger partial charge in [-0.2, -0.15) is 12.6 Å². The van der Waals surface area contributed by atoms with Crippen molar-refractivity contribution in [1.29, 1.82) is 0 Å². The van der Waals surface area contributed by atoms with Crippen LogP contribution in [0.25, 0.3) is 5.57 Å². The Morgan fingerprint density at radius 1 is 1.26 bits per heavy atom. The zero-order valence-electron chi connectivity index (χ0n) is 22.2. The third kappa shape index (κ3) is 9.35. The Hall–Kier alpha value is -2.30. The summed E-state index contributed by atoms with van der Waals surface area (Å²) in [5.41, 5.74) is 4.95. The van der Waals surface area contributed by atoms with Crippen LogP contribution >= 0.6 is 12.6 Å². The molecule has 1 amide bonds. The first-order chi connectivity index (χ1) is 16.8. The molecule has 1 aromatic carbocycles. The predicted octanol–water partition coefficient (Wildman–Crippen LogP) is 7.45. The standard InChI is InChI=1S/C31H44N2OS/c1-7-25(5)12-13-28(8-2)31(34)33(30-15-19-32(20-16-30)18-14-24(3)4)23-27-10-9-11-29(22-27)26(6)17-21-35/h8-13,17,21-22,24,30,35H,2,6-7,14-16,18-20,23H2,1,3-5H3/b21-17-,25-12-,28-13+. The third-order valence-electron chi connectivity index (χ3n) is 6.78. The van der Waals surface area contributed by atoms with Crippen molar-refractivity contribution in [2.24, 2.45) is 5.92 Å². The van der Waals surface area contributed by atoms with E-state index in [1.165, 1.54) is 12.0 Å². The van der Waals surface area contributed by atoms with Crippen molar-refractivity contribution in [2.45, 2.75) is 66.0 Å². The number of carbonyl (C=O) groups excluding carboxylic acids is 1. The lowest BCUT2D eigenvalue weighted by Crippen LogP contribution is -2.47. The third-order valence-corrected chi connectivity index (χ3v) is 6.93. The first-order valence-electron chi connectivity index (χ1n) is 12.9. The summed E-state index contributed by atoms with van der Waals surface area (Å²) in [6.07, 6.45) is 11.7. The topological polar surface area (TPSA) is 23.6 Å². The number of piperidine rings is 1. The monoisotopic (exact) mass is 492 g/mol. The number of carbonyl (C=O) groups is 1. The van der Waals surface area contributed by atoms with E-state index >= 15 is 0 Å². The lowest BCUT2D eigenvalue weighted by Gasteiger charge is -2.39. The van der Waals surface area contributed by atoms with E-state index in [1.807, 2.05) is 30.4 Å². The van der Waals surface area contributed by atoms with Crippen molar-refractivity contribution in [3.05, 3.63) is 89.4 Å². The number of allylic oxidation sites excluding steroid dienone is 5. The molecule has 1 saturated heterocycles. The highest BCUT2D eigenvalue weighted by molar-refractivity contribution is 7.83. The van der Waals surface area contributed by atoms with E-state index in [0.29, 0.717) is 18.0 Å². The molecule has 0 spiro atoms. The molecule has 0 radical (unpaired) electrons. The molecular formula is C31H44N2OS. The molecule has 0 unspecified atom stereocenters. The molecule has 1 fully saturated rings. The maximum Gasteiger partial charge on any atom is 0.254 e. The highest BCUT2D eigenvalue weighted by atomic mass is 32.1. The average molecular weight is 493 g/mol.